The Morgan fingerprint density at radius 1 is 1.50 bits per heavy atom. The lowest BCUT2D eigenvalue weighted by molar-refractivity contribution is 0.0952. The number of hydrogen-bond donors (Lipinski definition) is 2. The van der Waals surface area contributed by atoms with Crippen molar-refractivity contribution in [2.24, 2.45) is 0 Å². The maximum absolute atomic E-state index is 11.7. The van der Waals surface area contributed by atoms with Gasteiger partial charge in [-0.1, -0.05) is 5.16 Å². The predicted molar refractivity (Wildman–Crippen MR) is 61.0 cm³/mol. The van der Waals surface area contributed by atoms with E-state index in [0.717, 1.165) is 0 Å². The number of hydrogen-bond acceptors (Lipinski definition) is 6. The third kappa shape index (κ3) is 3.03. The molecule has 2 aromatic heterocycles. The summed E-state index contributed by atoms with van der Waals surface area (Å²) in [6.45, 7) is 2.10. The Balaban J connectivity index is 1.85. The van der Waals surface area contributed by atoms with Gasteiger partial charge in [-0.15, -0.1) is 0 Å². The molecule has 0 radical (unpaired) electrons. The Hall–Kier alpha value is -2.44. The summed E-state index contributed by atoms with van der Waals surface area (Å²) in [5.41, 5.74) is 0.303. The number of amides is 1. The molecule has 2 N–H and O–H groups in total. The number of carbonyl (C=O) groups is 1. The van der Waals surface area contributed by atoms with E-state index in [1.165, 1.54) is 18.5 Å². The number of nitrogens with zero attached hydrogens (tertiary/aromatic N) is 3. The van der Waals surface area contributed by atoms with Gasteiger partial charge in [-0.05, 0) is 13.0 Å². The molecule has 2 rings (SSSR count). The minimum Gasteiger partial charge on any atom is -0.506 e. The number of aryl methyl sites for hydroxylation is 1. The van der Waals surface area contributed by atoms with Crippen molar-refractivity contribution in [2.45, 2.75) is 13.3 Å². The van der Waals surface area contributed by atoms with Crippen LogP contribution in [0.3, 0.4) is 0 Å². The SMILES string of the molecule is Cc1noc(CCNC(=O)c2cncc(O)c2)n1. The van der Waals surface area contributed by atoms with E-state index in [0.29, 0.717) is 30.2 Å². The second-order valence-corrected chi connectivity index (χ2v) is 3.67. The van der Waals surface area contributed by atoms with Crippen molar-refractivity contribution in [3.05, 3.63) is 35.7 Å². The summed E-state index contributed by atoms with van der Waals surface area (Å²) in [7, 11) is 0. The van der Waals surface area contributed by atoms with Gasteiger partial charge >= 0.3 is 0 Å². The molecule has 0 saturated heterocycles. The molecule has 0 bridgehead atoms. The smallest absolute Gasteiger partial charge is 0.252 e. The second kappa shape index (κ2) is 5.26. The fraction of sp³-hybridized carbons (Fsp3) is 0.273. The number of rotatable bonds is 4. The number of pyridine rings is 1. The van der Waals surface area contributed by atoms with E-state index in [2.05, 4.69) is 20.4 Å². The van der Waals surface area contributed by atoms with Crippen LogP contribution in [-0.4, -0.2) is 32.7 Å². The van der Waals surface area contributed by atoms with Gasteiger partial charge in [0.25, 0.3) is 5.91 Å². The normalized spacial score (nSPS) is 10.3. The third-order valence-electron chi connectivity index (χ3n) is 2.18. The zero-order chi connectivity index (χ0) is 13.0. The Bertz CT molecular complexity index is 553. The van der Waals surface area contributed by atoms with E-state index in [1.807, 2.05) is 0 Å². The summed E-state index contributed by atoms with van der Waals surface area (Å²) in [5, 5.41) is 15.5. The molecule has 1 amide bonds. The van der Waals surface area contributed by atoms with Crippen LogP contribution in [0, 0.1) is 6.92 Å². The van der Waals surface area contributed by atoms with Crippen molar-refractivity contribution in [2.75, 3.05) is 6.54 Å². The molecule has 2 heterocycles. The summed E-state index contributed by atoms with van der Waals surface area (Å²) in [5.74, 6) is 0.681. The van der Waals surface area contributed by atoms with Crippen molar-refractivity contribution < 1.29 is 14.4 Å². The van der Waals surface area contributed by atoms with Crippen LogP contribution in [0.25, 0.3) is 0 Å². The highest BCUT2D eigenvalue weighted by Gasteiger charge is 2.07. The van der Waals surface area contributed by atoms with Crippen LogP contribution in [0.2, 0.25) is 0 Å². The van der Waals surface area contributed by atoms with Crippen LogP contribution in [0.15, 0.2) is 23.0 Å². The lowest BCUT2D eigenvalue weighted by Gasteiger charge is -2.03. The van der Waals surface area contributed by atoms with Crippen molar-refractivity contribution in [1.82, 2.24) is 20.4 Å². The van der Waals surface area contributed by atoms with Gasteiger partial charge in [0.15, 0.2) is 5.82 Å². The van der Waals surface area contributed by atoms with Crippen LogP contribution in [0.1, 0.15) is 22.1 Å². The Morgan fingerprint density at radius 3 is 3.00 bits per heavy atom. The van der Waals surface area contributed by atoms with Crippen LogP contribution in [-0.2, 0) is 6.42 Å². The molecule has 0 fully saturated rings. The van der Waals surface area contributed by atoms with Gasteiger partial charge in [-0.25, -0.2) is 0 Å². The van der Waals surface area contributed by atoms with Gasteiger partial charge in [-0.2, -0.15) is 4.98 Å². The van der Waals surface area contributed by atoms with Gasteiger partial charge in [0.1, 0.15) is 5.75 Å². The van der Waals surface area contributed by atoms with Crippen molar-refractivity contribution >= 4 is 5.91 Å². The molecule has 0 spiro atoms. The van der Waals surface area contributed by atoms with Gasteiger partial charge < -0.3 is 14.9 Å². The van der Waals surface area contributed by atoms with Gasteiger partial charge in [0.2, 0.25) is 5.89 Å². The summed E-state index contributed by atoms with van der Waals surface area (Å²) in [4.78, 5) is 19.4. The average Bonchev–Trinajstić information content (AvgIpc) is 2.75. The molecule has 0 aliphatic rings. The van der Waals surface area contributed by atoms with Crippen LogP contribution < -0.4 is 5.32 Å². The Morgan fingerprint density at radius 2 is 2.33 bits per heavy atom. The van der Waals surface area contributed by atoms with E-state index < -0.39 is 0 Å². The summed E-state index contributed by atoms with van der Waals surface area (Å²) in [6.07, 6.45) is 3.10. The molecule has 0 unspecified atom stereocenters. The standard InChI is InChI=1S/C11H12N4O3/c1-7-14-10(18-15-7)2-3-13-11(17)8-4-9(16)6-12-5-8/h4-6,16H,2-3H2,1H3,(H,13,17). The monoisotopic (exact) mass is 248 g/mol. The molecular formula is C11H12N4O3. The molecular weight excluding hydrogens is 236 g/mol. The van der Waals surface area contributed by atoms with E-state index >= 15 is 0 Å². The Kier molecular flexibility index (Phi) is 3.52. The van der Waals surface area contributed by atoms with Crippen molar-refractivity contribution in [3.8, 4) is 5.75 Å². The summed E-state index contributed by atoms with van der Waals surface area (Å²) in [6, 6.07) is 1.35. The molecule has 0 atom stereocenters. The van der Waals surface area contributed by atoms with Crippen molar-refractivity contribution in [1.29, 1.82) is 0 Å². The molecule has 0 aliphatic carbocycles. The molecule has 18 heavy (non-hydrogen) atoms. The zero-order valence-electron chi connectivity index (χ0n) is 9.75. The second-order valence-electron chi connectivity index (χ2n) is 3.67. The van der Waals surface area contributed by atoms with Crippen LogP contribution >= 0.6 is 0 Å². The topological polar surface area (TPSA) is 101 Å². The first kappa shape index (κ1) is 12.0. The predicted octanol–water partition coefficient (Wildman–Crippen LogP) is 0.451. The van der Waals surface area contributed by atoms with Crippen molar-refractivity contribution in [3.63, 3.8) is 0 Å². The van der Waals surface area contributed by atoms with E-state index in [-0.39, 0.29) is 11.7 Å². The van der Waals surface area contributed by atoms with Gasteiger partial charge in [0.05, 0.1) is 11.8 Å². The quantitative estimate of drug-likeness (QED) is 0.814. The van der Waals surface area contributed by atoms with E-state index in [9.17, 15) is 9.90 Å². The number of aromatic nitrogens is 3. The number of carbonyl (C=O) groups excluding carboxylic acids is 1. The highest BCUT2D eigenvalue weighted by molar-refractivity contribution is 5.94. The first-order valence-corrected chi connectivity index (χ1v) is 5.36. The lowest BCUT2D eigenvalue weighted by Crippen LogP contribution is -2.25. The van der Waals surface area contributed by atoms with Crippen LogP contribution in [0.5, 0.6) is 5.75 Å². The summed E-state index contributed by atoms with van der Waals surface area (Å²) < 4.78 is 4.91. The molecule has 0 aliphatic heterocycles. The molecule has 0 aromatic carbocycles. The fourth-order valence-electron chi connectivity index (χ4n) is 1.38. The van der Waals surface area contributed by atoms with Gasteiger partial charge in [-0.3, -0.25) is 9.78 Å². The highest BCUT2D eigenvalue weighted by atomic mass is 16.5. The minimum atomic E-state index is -0.311. The number of aromatic hydroxyl groups is 1. The molecule has 7 nitrogen and oxygen atoms in total. The fourth-order valence-corrected chi connectivity index (χ4v) is 1.38. The Labute approximate surface area is 103 Å². The molecule has 0 saturated carbocycles. The maximum Gasteiger partial charge on any atom is 0.252 e. The van der Waals surface area contributed by atoms with E-state index in [4.69, 9.17) is 4.52 Å². The number of nitrogens with one attached hydrogen (secondary N) is 1. The molecule has 7 heteroatoms. The minimum absolute atomic E-state index is 0.0461. The van der Waals surface area contributed by atoms with E-state index in [1.54, 1.807) is 6.92 Å². The first-order chi connectivity index (χ1) is 8.65. The third-order valence-corrected chi connectivity index (χ3v) is 2.18. The zero-order valence-corrected chi connectivity index (χ0v) is 9.75. The lowest BCUT2D eigenvalue weighted by atomic mass is 10.2. The highest BCUT2D eigenvalue weighted by Crippen LogP contribution is 2.08. The first-order valence-electron chi connectivity index (χ1n) is 5.36. The average molecular weight is 248 g/mol. The van der Waals surface area contributed by atoms with Crippen LogP contribution in [0.4, 0.5) is 0 Å². The summed E-state index contributed by atoms with van der Waals surface area (Å²) >= 11 is 0. The molecule has 94 valence electrons. The largest absolute Gasteiger partial charge is 0.506 e. The maximum atomic E-state index is 11.7. The van der Waals surface area contributed by atoms with Gasteiger partial charge in [0, 0.05) is 19.2 Å². The molecule has 2 aromatic rings.